The largest absolute Gasteiger partial charge is 0.352 e. The van der Waals surface area contributed by atoms with Gasteiger partial charge in [-0.25, -0.2) is 4.79 Å². The van der Waals surface area contributed by atoms with Crippen molar-refractivity contribution in [3.05, 3.63) is 58.9 Å². The molecule has 1 fully saturated rings. The molecule has 0 unspecified atom stereocenters. The molecule has 1 N–H and O–H groups in total. The van der Waals surface area contributed by atoms with Gasteiger partial charge in [-0.15, -0.1) is 21.5 Å². The van der Waals surface area contributed by atoms with E-state index in [0.29, 0.717) is 36.9 Å². The molecule has 0 radical (unpaired) electrons. The molecule has 0 atom stereocenters. The molecule has 0 saturated carbocycles. The molecule has 0 spiro atoms. The number of nitrogens with one attached hydrogen (secondary N) is 1. The van der Waals surface area contributed by atoms with Crippen molar-refractivity contribution in [1.29, 1.82) is 0 Å². The third-order valence-corrected chi connectivity index (χ3v) is 5.65. The van der Waals surface area contributed by atoms with E-state index >= 15 is 0 Å². The SMILES string of the molecule is O=C(Nc1ccccc1Cl)N1CCN(c2ccc(-c3cccs3)nn2)CC1. The lowest BCUT2D eigenvalue weighted by molar-refractivity contribution is 0.208. The standard InChI is InChI=1S/C19H18ClN5OS/c20-14-4-1-2-5-15(14)21-19(26)25-11-9-24(10-12-25)18-8-7-16(22-23-18)17-6-3-13-27-17/h1-8,13H,9-12H2,(H,21,26). The number of aromatic nitrogens is 2. The second-order valence-corrected chi connectivity index (χ2v) is 7.49. The van der Waals surface area contributed by atoms with Gasteiger partial charge in [-0.1, -0.05) is 29.8 Å². The van der Waals surface area contributed by atoms with E-state index in [0.717, 1.165) is 16.4 Å². The molecule has 1 saturated heterocycles. The molecule has 27 heavy (non-hydrogen) atoms. The fourth-order valence-electron chi connectivity index (χ4n) is 2.95. The highest BCUT2D eigenvalue weighted by Gasteiger charge is 2.22. The quantitative estimate of drug-likeness (QED) is 0.716. The van der Waals surface area contributed by atoms with Crippen LogP contribution in [0.25, 0.3) is 10.6 Å². The molecule has 0 aliphatic carbocycles. The first-order valence-corrected chi connectivity index (χ1v) is 9.89. The number of hydrogen-bond donors (Lipinski definition) is 1. The molecule has 2 aromatic heterocycles. The Hall–Kier alpha value is -2.64. The summed E-state index contributed by atoms with van der Waals surface area (Å²) in [6.45, 7) is 2.65. The van der Waals surface area contributed by atoms with Crippen molar-refractivity contribution in [1.82, 2.24) is 15.1 Å². The van der Waals surface area contributed by atoms with Crippen LogP contribution in [0.4, 0.5) is 16.3 Å². The first-order valence-electron chi connectivity index (χ1n) is 8.64. The van der Waals surface area contributed by atoms with Crippen LogP contribution in [-0.2, 0) is 0 Å². The Balaban J connectivity index is 1.34. The summed E-state index contributed by atoms with van der Waals surface area (Å²) in [7, 11) is 0. The third kappa shape index (κ3) is 4.04. The van der Waals surface area contributed by atoms with Gasteiger partial charge in [0.25, 0.3) is 0 Å². The second-order valence-electron chi connectivity index (χ2n) is 6.14. The number of para-hydroxylation sites is 1. The maximum absolute atomic E-state index is 12.4. The summed E-state index contributed by atoms with van der Waals surface area (Å²) in [5.41, 5.74) is 1.51. The Labute approximate surface area is 166 Å². The fraction of sp³-hybridized carbons (Fsp3) is 0.211. The van der Waals surface area contributed by atoms with Crippen LogP contribution in [0.3, 0.4) is 0 Å². The first-order chi connectivity index (χ1) is 13.2. The summed E-state index contributed by atoms with van der Waals surface area (Å²) in [5, 5.41) is 14.1. The van der Waals surface area contributed by atoms with Crippen LogP contribution in [0.1, 0.15) is 0 Å². The van der Waals surface area contributed by atoms with Crippen molar-refractivity contribution in [2.75, 3.05) is 36.4 Å². The molecule has 3 heterocycles. The summed E-state index contributed by atoms with van der Waals surface area (Å²) in [6.07, 6.45) is 0. The van der Waals surface area contributed by atoms with E-state index in [4.69, 9.17) is 11.6 Å². The lowest BCUT2D eigenvalue weighted by Gasteiger charge is -2.35. The number of thiophene rings is 1. The van der Waals surface area contributed by atoms with Gasteiger partial charge in [-0.3, -0.25) is 0 Å². The number of hydrogen-bond acceptors (Lipinski definition) is 5. The minimum atomic E-state index is -0.137. The van der Waals surface area contributed by atoms with E-state index in [1.807, 2.05) is 41.8 Å². The number of urea groups is 1. The van der Waals surface area contributed by atoms with Gasteiger partial charge in [0.2, 0.25) is 0 Å². The average molecular weight is 400 g/mol. The summed E-state index contributed by atoms with van der Waals surface area (Å²) in [5.74, 6) is 0.835. The minimum absolute atomic E-state index is 0.137. The van der Waals surface area contributed by atoms with E-state index in [1.54, 1.807) is 28.4 Å². The van der Waals surface area contributed by atoms with Crippen molar-refractivity contribution in [2.45, 2.75) is 0 Å². The highest BCUT2D eigenvalue weighted by molar-refractivity contribution is 7.13. The normalized spacial score (nSPS) is 14.3. The number of rotatable bonds is 3. The molecule has 4 rings (SSSR count). The summed E-state index contributed by atoms with van der Waals surface area (Å²) < 4.78 is 0. The Morgan fingerprint density at radius 2 is 1.81 bits per heavy atom. The van der Waals surface area contributed by atoms with Crippen molar-refractivity contribution in [3.8, 4) is 10.6 Å². The average Bonchev–Trinajstić information content (AvgIpc) is 3.25. The molecule has 0 bridgehead atoms. The summed E-state index contributed by atoms with van der Waals surface area (Å²) in [6, 6.07) is 15.1. The summed E-state index contributed by atoms with van der Waals surface area (Å²) in [4.78, 5) is 17.5. The molecule has 2 amide bonds. The van der Waals surface area contributed by atoms with E-state index in [-0.39, 0.29) is 6.03 Å². The van der Waals surface area contributed by atoms with Crippen LogP contribution < -0.4 is 10.2 Å². The number of anilines is 2. The molecule has 8 heteroatoms. The number of nitrogens with zero attached hydrogens (tertiary/aromatic N) is 4. The number of carbonyl (C=O) groups is 1. The van der Waals surface area contributed by atoms with E-state index < -0.39 is 0 Å². The van der Waals surface area contributed by atoms with E-state index in [1.165, 1.54) is 0 Å². The number of benzene rings is 1. The third-order valence-electron chi connectivity index (χ3n) is 4.43. The van der Waals surface area contributed by atoms with Gasteiger partial charge in [-0.05, 0) is 35.7 Å². The van der Waals surface area contributed by atoms with Crippen molar-refractivity contribution in [2.24, 2.45) is 0 Å². The number of carbonyl (C=O) groups excluding carboxylic acids is 1. The lowest BCUT2D eigenvalue weighted by Crippen LogP contribution is -2.50. The van der Waals surface area contributed by atoms with Gasteiger partial charge >= 0.3 is 6.03 Å². The molecule has 6 nitrogen and oxygen atoms in total. The Morgan fingerprint density at radius 3 is 2.48 bits per heavy atom. The topological polar surface area (TPSA) is 61.4 Å². The Bertz CT molecular complexity index is 908. The molecule has 1 aliphatic rings. The minimum Gasteiger partial charge on any atom is -0.352 e. The van der Waals surface area contributed by atoms with Crippen molar-refractivity contribution in [3.63, 3.8) is 0 Å². The van der Waals surface area contributed by atoms with Crippen LogP contribution in [0, 0.1) is 0 Å². The van der Waals surface area contributed by atoms with Crippen LogP contribution in [-0.4, -0.2) is 47.3 Å². The van der Waals surface area contributed by atoms with Gasteiger partial charge in [0.1, 0.15) is 5.69 Å². The van der Waals surface area contributed by atoms with Crippen LogP contribution in [0.2, 0.25) is 5.02 Å². The molecule has 1 aliphatic heterocycles. The number of halogens is 1. The van der Waals surface area contributed by atoms with Gasteiger partial charge in [0.15, 0.2) is 5.82 Å². The summed E-state index contributed by atoms with van der Waals surface area (Å²) >= 11 is 7.75. The first kappa shape index (κ1) is 17.8. The highest BCUT2D eigenvalue weighted by Crippen LogP contribution is 2.24. The number of amides is 2. The Morgan fingerprint density at radius 1 is 1.00 bits per heavy atom. The van der Waals surface area contributed by atoms with Gasteiger partial charge in [-0.2, -0.15) is 0 Å². The zero-order chi connectivity index (χ0) is 18.6. The molecular formula is C19H18ClN5OS. The lowest BCUT2D eigenvalue weighted by atomic mass is 10.3. The molecule has 3 aromatic rings. The van der Waals surface area contributed by atoms with Crippen LogP contribution in [0.5, 0.6) is 0 Å². The molecule has 1 aromatic carbocycles. The predicted octanol–water partition coefficient (Wildman–Crippen LogP) is 4.21. The highest BCUT2D eigenvalue weighted by atomic mass is 35.5. The zero-order valence-electron chi connectivity index (χ0n) is 14.5. The maximum Gasteiger partial charge on any atom is 0.322 e. The Kier molecular flexibility index (Phi) is 5.22. The predicted molar refractivity (Wildman–Crippen MR) is 110 cm³/mol. The maximum atomic E-state index is 12.4. The van der Waals surface area contributed by atoms with Crippen LogP contribution >= 0.6 is 22.9 Å². The van der Waals surface area contributed by atoms with E-state index in [2.05, 4.69) is 20.4 Å². The van der Waals surface area contributed by atoms with E-state index in [9.17, 15) is 4.79 Å². The van der Waals surface area contributed by atoms with Gasteiger partial charge in [0.05, 0.1) is 15.6 Å². The van der Waals surface area contributed by atoms with Crippen molar-refractivity contribution >= 4 is 40.5 Å². The monoisotopic (exact) mass is 399 g/mol. The second kappa shape index (κ2) is 7.94. The fourth-order valence-corrected chi connectivity index (χ4v) is 3.82. The van der Waals surface area contributed by atoms with Gasteiger partial charge in [0, 0.05) is 26.2 Å². The smallest absolute Gasteiger partial charge is 0.322 e. The zero-order valence-corrected chi connectivity index (χ0v) is 16.1. The van der Waals surface area contributed by atoms with Gasteiger partial charge < -0.3 is 15.1 Å². The van der Waals surface area contributed by atoms with Crippen LogP contribution in [0.15, 0.2) is 53.9 Å². The molecule has 138 valence electrons. The molecular weight excluding hydrogens is 382 g/mol. The number of piperazine rings is 1. The van der Waals surface area contributed by atoms with Crippen molar-refractivity contribution < 1.29 is 4.79 Å².